The first kappa shape index (κ1) is 18.1. The van der Waals surface area contributed by atoms with Crippen LogP contribution in [0.2, 0.25) is 10.0 Å². The van der Waals surface area contributed by atoms with Crippen LogP contribution < -0.4 is 16.0 Å². The molecule has 126 valence electrons. The minimum Gasteiger partial charge on any atom is -0.354 e. The van der Waals surface area contributed by atoms with Crippen molar-refractivity contribution in [3.8, 4) is 0 Å². The van der Waals surface area contributed by atoms with Crippen LogP contribution in [-0.4, -0.2) is 25.0 Å². The number of urea groups is 1. The molecule has 7 heteroatoms. The van der Waals surface area contributed by atoms with Crippen LogP contribution in [0, 0.1) is 0 Å². The van der Waals surface area contributed by atoms with E-state index in [9.17, 15) is 9.59 Å². The molecular formula is C17H17Cl2N3O2. The molecule has 0 spiro atoms. The second-order valence-corrected chi connectivity index (χ2v) is 5.85. The Morgan fingerprint density at radius 1 is 0.958 bits per heavy atom. The smallest absolute Gasteiger partial charge is 0.319 e. The zero-order valence-corrected chi connectivity index (χ0v) is 14.3. The summed E-state index contributed by atoms with van der Waals surface area (Å²) in [5, 5.41) is 8.98. The minimum atomic E-state index is -0.433. The topological polar surface area (TPSA) is 70.2 Å². The Hall–Kier alpha value is -2.24. The number of rotatable bonds is 6. The minimum absolute atomic E-state index is 0.104. The fourth-order valence-corrected chi connectivity index (χ4v) is 2.48. The van der Waals surface area contributed by atoms with Crippen LogP contribution >= 0.6 is 23.2 Å². The summed E-state index contributed by atoms with van der Waals surface area (Å²) in [6.45, 7) is 0.315. The van der Waals surface area contributed by atoms with Gasteiger partial charge in [0.2, 0.25) is 5.91 Å². The number of carbonyl (C=O) groups excluding carboxylic acids is 2. The Morgan fingerprint density at radius 2 is 1.71 bits per heavy atom. The maximum atomic E-state index is 11.7. The molecule has 24 heavy (non-hydrogen) atoms. The van der Waals surface area contributed by atoms with Crippen LogP contribution in [0.3, 0.4) is 0 Å². The van der Waals surface area contributed by atoms with Crippen molar-refractivity contribution in [2.24, 2.45) is 0 Å². The van der Waals surface area contributed by atoms with Crippen LogP contribution in [0.1, 0.15) is 5.56 Å². The number of anilines is 1. The summed E-state index contributed by atoms with van der Waals surface area (Å²) in [5.41, 5.74) is 1.56. The Morgan fingerprint density at radius 3 is 2.42 bits per heavy atom. The van der Waals surface area contributed by atoms with Crippen molar-refractivity contribution < 1.29 is 9.59 Å². The largest absolute Gasteiger partial charge is 0.354 e. The fourth-order valence-electron chi connectivity index (χ4n) is 1.98. The highest BCUT2D eigenvalue weighted by Crippen LogP contribution is 2.20. The van der Waals surface area contributed by atoms with Gasteiger partial charge in [0.15, 0.2) is 0 Å². The van der Waals surface area contributed by atoms with Crippen molar-refractivity contribution in [3.05, 3.63) is 64.1 Å². The van der Waals surface area contributed by atoms with Crippen molar-refractivity contribution in [2.45, 2.75) is 6.42 Å². The molecule has 0 aromatic heterocycles. The first-order valence-corrected chi connectivity index (χ1v) is 8.11. The predicted octanol–water partition coefficient (Wildman–Crippen LogP) is 3.47. The van der Waals surface area contributed by atoms with Crippen LogP contribution in [-0.2, 0) is 11.2 Å². The molecule has 0 aliphatic carbocycles. The lowest BCUT2D eigenvalue weighted by atomic mass is 10.1. The van der Waals surface area contributed by atoms with E-state index in [1.165, 1.54) is 0 Å². The fraction of sp³-hybridized carbons (Fsp3) is 0.176. The van der Waals surface area contributed by atoms with Gasteiger partial charge in [-0.3, -0.25) is 4.79 Å². The molecule has 0 bridgehead atoms. The summed E-state index contributed by atoms with van der Waals surface area (Å²) in [5.74, 6) is -0.275. The third kappa shape index (κ3) is 6.10. The van der Waals surface area contributed by atoms with Gasteiger partial charge in [0.05, 0.1) is 6.54 Å². The van der Waals surface area contributed by atoms with Gasteiger partial charge in [-0.15, -0.1) is 0 Å². The molecule has 0 heterocycles. The van der Waals surface area contributed by atoms with Gasteiger partial charge >= 0.3 is 6.03 Å². The van der Waals surface area contributed by atoms with E-state index < -0.39 is 6.03 Å². The van der Waals surface area contributed by atoms with E-state index in [0.717, 1.165) is 5.56 Å². The highest BCUT2D eigenvalue weighted by atomic mass is 35.5. The second kappa shape index (κ2) is 9.15. The van der Waals surface area contributed by atoms with Gasteiger partial charge in [0, 0.05) is 22.3 Å². The lowest BCUT2D eigenvalue weighted by molar-refractivity contribution is -0.120. The van der Waals surface area contributed by atoms with Crippen LogP contribution in [0.15, 0.2) is 48.5 Å². The van der Waals surface area contributed by atoms with Gasteiger partial charge in [-0.1, -0.05) is 47.5 Å². The van der Waals surface area contributed by atoms with E-state index in [2.05, 4.69) is 16.0 Å². The zero-order chi connectivity index (χ0) is 17.4. The van der Waals surface area contributed by atoms with Crippen molar-refractivity contribution >= 4 is 40.8 Å². The van der Waals surface area contributed by atoms with Crippen LogP contribution in [0.4, 0.5) is 10.5 Å². The third-order valence-electron chi connectivity index (χ3n) is 3.17. The van der Waals surface area contributed by atoms with Crippen molar-refractivity contribution in [1.82, 2.24) is 10.6 Å². The molecule has 0 aliphatic heterocycles. The summed E-state index contributed by atoms with van der Waals surface area (Å²) in [7, 11) is 0. The number of para-hydroxylation sites is 1. The summed E-state index contributed by atoms with van der Waals surface area (Å²) < 4.78 is 0. The first-order chi connectivity index (χ1) is 11.5. The maximum absolute atomic E-state index is 11.7. The molecule has 0 atom stereocenters. The Kier molecular flexibility index (Phi) is 6.90. The van der Waals surface area contributed by atoms with Gasteiger partial charge < -0.3 is 16.0 Å². The molecular weight excluding hydrogens is 349 g/mol. The quantitative estimate of drug-likeness (QED) is 0.733. The van der Waals surface area contributed by atoms with Crippen LogP contribution in [0.5, 0.6) is 0 Å². The van der Waals surface area contributed by atoms with Gasteiger partial charge in [-0.05, 0) is 36.2 Å². The molecule has 0 radical (unpaired) electrons. The van der Waals surface area contributed by atoms with Crippen molar-refractivity contribution in [2.75, 3.05) is 18.4 Å². The number of carbonyl (C=O) groups is 2. The number of hydrogen-bond acceptors (Lipinski definition) is 2. The summed E-state index contributed by atoms with van der Waals surface area (Å²) >= 11 is 11.9. The molecule has 5 nitrogen and oxygen atoms in total. The molecule has 0 saturated carbocycles. The van der Waals surface area contributed by atoms with E-state index in [1.54, 1.807) is 24.3 Å². The third-order valence-corrected chi connectivity index (χ3v) is 3.76. The highest BCUT2D eigenvalue weighted by Gasteiger charge is 2.06. The highest BCUT2D eigenvalue weighted by molar-refractivity contribution is 6.35. The number of benzene rings is 2. The standard InChI is InChI=1S/C17H17Cl2N3O2/c18-13-7-6-12(15(19)10-13)8-9-20-16(23)11-21-17(24)22-14-4-2-1-3-5-14/h1-7,10H,8-9,11H2,(H,20,23)(H2,21,22,24). The summed E-state index contributed by atoms with van der Waals surface area (Å²) in [6.07, 6.45) is 0.581. The Bertz CT molecular complexity index is 708. The monoisotopic (exact) mass is 365 g/mol. The van der Waals surface area contributed by atoms with E-state index in [1.807, 2.05) is 24.3 Å². The van der Waals surface area contributed by atoms with E-state index >= 15 is 0 Å². The average molecular weight is 366 g/mol. The average Bonchev–Trinajstić information content (AvgIpc) is 2.56. The Labute approximate surface area is 150 Å². The van der Waals surface area contributed by atoms with Gasteiger partial charge in [-0.25, -0.2) is 4.79 Å². The normalized spacial score (nSPS) is 10.1. The van der Waals surface area contributed by atoms with Gasteiger partial charge in [0.25, 0.3) is 0 Å². The van der Waals surface area contributed by atoms with Gasteiger partial charge in [0.1, 0.15) is 0 Å². The summed E-state index contributed by atoms with van der Waals surface area (Å²) in [4.78, 5) is 23.4. The first-order valence-electron chi connectivity index (χ1n) is 7.35. The van der Waals surface area contributed by atoms with Gasteiger partial charge in [-0.2, -0.15) is 0 Å². The molecule has 0 unspecified atom stereocenters. The SMILES string of the molecule is O=C(CNC(=O)Nc1ccccc1)NCCc1ccc(Cl)cc1Cl. The molecule has 3 N–H and O–H groups in total. The second-order valence-electron chi connectivity index (χ2n) is 5.01. The number of amides is 3. The van der Waals surface area contributed by atoms with E-state index in [-0.39, 0.29) is 12.5 Å². The molecule has 2 rings (SSSR count). The Balaban J connectivity index is 1.67. The lowest BCUT2D eigenvalue weighted by Crippen LogP contribution is -2.39. The maximum Gasteiger partial charge on any atom is 0.319 e. The lowest BCUT2D eigenvalue weighted by Gasteiger charge is -2.09. The molecule has 3 amide bonds. The summed E-state index contributed by atoms with van der Waals surface area (Å²) in [6, 6.07) is 13.8. The predicted molar refractivity (Wildman–Crippen MR) is 96.6 cm³/mol. The van der Waals surface area contributed by atoms with Crippen molar-refractivity contribution in [3.63, 3.8) is 0 Å². The molecule has 0 aliphatic rings. The molecule has 2 aromatic carbocycles. The number of halogens is 2. The molecule has 0 saturated heterocycles. The van der Waals surface area contributed by atoms with Crippen molar-refractivity contribution in [1.29, 1.82) is 0 Å². The number of hydrogen-bond donors (Lipinski definition) is 3. The number of nitrogens with one attached hydrogen (secondary N) is 3. The molecule has 0 fully saturated rings. The van der Waals surface area contributed by atoms with E-state index in [4.69, 9.17) is 23.2 Å². The molecule has 2 aromatic rings. The van der Waals surface area contributed by atoms with Crippen LogP contribution in [0.25, 0.3) is 0 Å². The zero-order valence-electron chi connectivity index (χ0n) is 12.8. The van der Waals surface area contributed by atoms with E-state index in [0.29, 0.717) is 28.7 Å².